The number of halogens is 1. The second-order valence-corrected chi connectivity index (χ2v) is 4.50. The molecule has 0 aliphatic heterocycles. The molecule has 0 spiro atoms. The number of hydrogen-bond donors (Lipinski definition) is 0. The van der Waals surface area contributed by atoms with Gasteiger partial charge in [-0.05, 0) is 49.6 Å². The third-order valence-corrected chi connectivity index (χ3v) is 3.33. The van der Waals surface area contributed by atoms with Crippen LogP contribution in [-0.4, -0.2) is 0 Å². The van der Waals surface area contributed by atoms with Crippen molar-refractivity contribution in [3.63, 3.8) is 0 Å². The fourth-order valence-electron chi connectivity index (χ4n) is 2.12. The van der Waals surface area contributed by atoms with Crippen LogP contribution < -0.4 is 4.57 Å². The molecule has 88 valence electrons. The van der Waals surface area contributed by atoms with E-state index in [-0.39, 0.29) is 5.82 Å². The van der Waals surface area contributed by atoms with Crippen LogP contribution in [0.15, 0.2) is 30.5 Å². The van der Waals surface area contributed by atoms with Gasteiger partial charge in [0.2, 0.25) is 5.69 Å². The molecule has 0 N–H and O–H groups in total. The molecule has 0 saturated heterocycles. The van der Waals surface area contributed by atoms with Crippen LogP contribution in [-0.2, 0) is 7.05 Å². The van der Waals surface area contributed by atoms with Crippen molar-refractivity contribution < 1.29 is 8.96 Å². The molecule has 0 aliphatic carbocycles. The minimum atomic E-state index is -0.0927. The fourth-order valence-corrected chi connectivity index (χ4v) is 2.12. The maximum Gasteiger partial charge on any atom is 0.212 e. The summed E-state index contributed by atoms with van der Waals surface area (Å²) < 4.78 is 15.8. The number of pyridine rings is 1. The summed E-state index contributed by atoms with van der Waals surface area (Å²) in [7, 11) is 2.00. The van der Waals surface area contributed by atoms with Crippen molar-refractivity contribution in [3.05, 3.63) is 53.0 Å². The van der Waals surface area contributed by atoms with E-state index in [1.54, 1.807) is 0 Å². The van der Waals surface area contributed by atoms with Crippen molar-refractivity contribution in [2.75, 3.05) is 0 Å². The van der Waals surface area contributed by atoms with E-state index in [1.165, 1.54) is 0 Å². The number of aromatic nitrogens is 1. The van der Waals surface area contributed by atoms with Crippen molar-refractivity contribution in [2.45, 2.75) is 20.8 Å². The largest absolute Gasteiger partial charge is 0.212 e. The van der Waals surface area contributed by atoms with Crippen LogP contribution in [0, 0.1) is 26.6 Å². The van der Waals surface area contributed by atoms with E-state index in [9.17, 15) is 4.39 Å². The van der Waals surface area contributed by atoms with E-state index in [2.05, 4.69) is 10.6 Å². The Hall–Kier alpha value is -1.70. The molecule has 0 bridgehead atoms. The van der Waals surface area contributed by atoms with Crippen LogP contribution in [0.1, 0.15) is 16.7 Å². The van der Waals surface area contributed by atoms with E-state index >= 15 is 0 Å². The summed E-state index contributed by atoms with van der Waals surface area (Å²) in [5.74, 6) is -0.0927. The standard InChI is InChI=1S/C15H17FN/c1-10-9-13(11(2)12(3)15(10)16)14-7-5-6-8-17(14)4/h5-9H,1-4H3/q+1. The molecule has 2 aromatic rings. The Kier molecular flexibility index (Phi) is 2.97. The summed E-state index contributed by atoms with van der Waals surface area (Å²) in [5.41, 5.74) is 4.66. The second kappa shape index (κ2) is 4.28. The quantitative estimate of drug-likeness (QED) is 0.662. The summed E-state index contributed by atoms with van der Waals surface area (Å²) in [4.78, 5) is 0. The Morgan fingerprint density at radius 3 is 2.41 bits per heavy atom. The Bertz CT molecular complexity index is 573. The van der Waals surface area contributed by atoms with Gasteiger partial charge in [0, 0.05) is 17.7 Å². The Labute approximate surface area is 102 Å². The van der Waals surface area contributed by atoms with Crippen LogP contribution in [0.25, 0.3) is 11.3 Å². The van der Waals surface area contributed by atoms with Gasteiger partial charge in [0.15, 0.2) is 6.20 Å². The lowest BCUT2D eigenvalue weighted by Crippen LogP contribution is -2.30. The maximum absolute atomic E-state index is 13.8. The van der Waals surface area contributed by atoms with Crippen LogP contribution in [0.5, 0.6) is 0 Å². The molecule has 0 fully saturated rings. The maximum atomic E-state index is 13.8. The molecular formula is C15H17FN+. The van der Waals surface area contributed by atoms with E-state index in [1.807, 2.05) is 52.2 Å². The van der Waals surface area contributed by atoms with Gasteiger partial charge in [-0.2, -0.15) is 0 Å². The van der Waals surface area contributed by atoms with Crippen molar-refractivity contribution in [1.29, 1.82) is 0 Å². The molecular weight excluding hydrogens is 213 g/mol. The highest BCUT2D eigenvalue weighted by molar-refractivity contribution is 5.64. The molecule has 0 aliphatic rings. The molecule has 0 unspecified atom stereocenters. The molecule has 0 amide bonds. The molecule has 1 aromatic carbocycles. The number of aryl methyl sites for hydroxylation is 2. The average molecular weight is 230 g/mol. The second-order valence-electron chi connectivity index (χ2n) is 4.50. The Morgan fingerprint density at radius 1 is 1.06 bits per heavy atom. The summed E-state index contributed by atoms with van der Waals surface area (Å²) in [6.45, 7) is 5.62. The Balaban J connectivity index is 2.73. The number of rotatable bonds is 1. The highest BCUT2D eigenvalue weighted by Crippen LogP contribution is 2.27. The van der Waals surface area contributed by atoms with E-state index in [4.69, 9.17) is 0 Å². The SMILES string of the molecule is Cc1cc(-c2cccc[n+]2C)c(C)c(C)c1F. The minimum Gasteiger partial charge on any atom is -0.206 e. The minimum absolute atomic E-state index is 0.0927. The first-order valence-electron chi connectivity index (χ1n) is 5.73. The lowest BCUT2D eigenvalue weighted by Gasteiger charge is -2.10. The third kappa shape index (κ3) is 1.95. The van der Waals surface area contributed by atoms with E-state index in [0.29, 0.717) is 5.56 Å². The predicted molar refractivity (Wildman–Crippen MR) is 67.2 cm³/mol. The molecule has 0 atom stereocenters. The average Bonchev–Trinajstić information content (AvgIpc) is 2.32. The first kappa shape index (κ1) is 11.8. The third-order valence-electron chi connectivity index (χ3n) is 3.33. The number of benzene rings is 1. The summed E-state index contributed by atoms with van der Waals surface area (Å²) in [5, 5.41) is 0. The van der Waals surface area contributed by atoms with Crippen molar-refractivity contribution >= 4 is 0 Å². The monoisotopic (exact) mass is 230 g/mol. The van der Waals surface area contributed by atoms with Crippen molar-refractivity contribution in [3.8, 4) is 11.3 Å². The van der Waals surface area contributed by atoms with Gasteiger partial charge in [-0.25, -0.2) is 8.96 Å². The van der Waals surface area contributed by atoms with Gasteiger partial charge in [-0.15, -0.1) is 0 Å². The van der Waals surface area contributed by atoms with E-state index in [0.717, 1.165) is 22.4 Å². The molecule has 0 saturated carbocycles. The highest BCUT2D eigenvalue weighted by atomic mass is 19.1. The molecule has 1 heterocycles. The first-order chi connectivity index (χ1) is 8.02. The lowest BCUT2D eigenvalue weighted by molar-refractivity contribution is -0.660. The van der Waals surface area contributed by atoms with Crippen LogP contribution in [0.2, 0.25) is 0 Å². The van der Waals surface area contributed by atoms with Gasteiger partial charge in [0.05, 0.1) is 0 Å². The topological polar surface area (TPSA) is 3.88 Å². The summed E-state index contributed by atoms with van der Waals surface area (Å²) in [6, 6.07) is 7.97. The molecule has 1 aromatic heterocycles. The molecule has 2 heteroatoms. The first-order valence-corrected chi connectivity index (χ1v) is 5.73. The van der Waals surface area contributed by atoms with Crippen molar-refractivity contribution in [2.24, 2.45) is 7.05 Å². The number of hydrogen-bond acceptors (Lipinski definition) is 0. The van der Waals surface area contributed by atoms with Gasteiger partial charge in [0.25, 0.3) is 0 Å². The van der Waals surface area contributed by atoms with Crippen molar-refractivity contribution in [1.82, 2.24) is 0 Å². The zero-order valence-corrected chi connectivity index (χ0v) is 10.7. The van der Waals surface area contributed by atoms with Crippen LogP contribution in [0.3, 0.4) is 0 Å². The predicted octanol–water partition coefficient (Wildman–Crippen LogP) is 3.24. The van der Waals surface area contributed by atoms with Gasteiger partial charge < -0.3 is 0 Å². The lowest BCUT2D eigenvalue weighted by atomic mass is 9.96. The Morgan fingerprint density at radius 2 is 1.76 bits per heavy atom. The van der Waals surface area contributed by atoms with Gasteiger partial charge in [0.1, 0.15) is 12.9 Å². The summed E-state index contributed by atoms with van der Waals surface area (Å²) in [6.07, 6.45) is 2.00. The highest BCUT2D eigenvalue weighted by Gasteiger charge is 2.16. The smallest absolute Gasteiger partial charge is 0.206 e. The molecule has 2 rings (SSSR count). The molecule has 17 heavy (non-hydrogen) atoms. The number of nitrogens with zero attached hydrogens (tertiary/aromatic N) is 1. The normalized spacial score (nSPS) is 10.6. The zero-order chi connectivity index (χ0) is 12.6. The van der Waals surface area contributed by atoms with Crippen LogP contribution in [0.4, 0.5) is 4.39 Å². The fraction of sp³-hybridized carbons (Fsp3) is 0.267. The van der Waals surface area contributed by atoms with Gasteiger partial charge >= 0.3 is 0 Å². The molecule has 1 nitrogen and oxygen atoms in total. The summed E-state index contributed by atoms with van der Waals surface area (Å²) >= 11 is 0. The zero-order valence-electron chi connectivity index (χ0n) is 10.7. The molecule has 0 radical (unpaired) electrons. The van der Waals surface area contributed by atoms with Gasteiger partial charge in [-0.3, -0.25) is 0 Å². The van der Waals surface area contributed by atoms with Crippen LogP contribution >= 0.6 is 0 Å². The van der Waals surface area contributed by atoms with Gasteiger partial charge in [-0.1, -0.05) is 0 Å². The van der Waals surface area contributed by atoms with E-state index < -0.39 is 0 Å².